The zero-order valence-electron chi connectivity index (χ0n) is 12.1. The summed E-state index contributed by atoms with van der Waals surface area (Å²) in [6.45, 7) is 0. The normalized spacial score (nSPS) is 10.8. The van der Waals surface area contributed by atoms with Crippen LogP contribution >= 0.6 is 0 Å². The van der Waals surface area contributed by atoms with E-state index in [-0.39, 0.29) is 5.75 Å². The number of ether oxygens (including phenoxy) is 3. The van der Waals surface area contributed by atoms with Gasteiger partial charge >= 0.3 is 0 Å². The fourth-order valence-corrected chi connectivity index (χ4v) is 2.58. The summed E-state index contributed by atoms with van der Waals surface area (Å²) in [5.74, 6) is 2.23. The van der Waals surface area contributed by atoms with Crippen LogP contribution in [-0.2, 0) is 0 Å². The average Bonchev–Trinajstić information content (AvgIpc) is 2.53. The molecule has 0 fully saturated rings. The van der Waals surface area contributed by atoms with E-state index >= 15 is 0 Å². The van der Waals surface area contributed by atoms with E-state index in [1.165, 1.54) is 0 Å². The number of aromatic hydroxyl groups is 1. The van der Waals surface area contributed by atoms with Gasteiger partial charge in [-0.25, -0.2) is 0 Å². The van der Waals surface area contributed by atoms with Crippen LogP contribution in [0.1, 0.15) is 0 Å². The largest absolute Gasteiger partial charge is 0.507 e. The third-order valence-corrected chi connectivity index (χ3v) is 3.65. The lowest BCUT2D eigenvalue weighted by molar-refractivity contribution is 0.398. The first kappa shape index (κ1) is 13.4. The van der Waals surface area contributed by atoms with Crippen molar-refractivity contribution in [1.29, 1.82) is 0 Å². The zero-order chi connectivity index (χ0) is 15.0. The minimum absolute atomic E-state index is 0.188. The molecule has 3 aromatic rings. The molecule has 0 atom stereocenters. The fraction of sp³-hybridized carbons (Fsp3) is 0.176. The molecule has 21 heavy (non-hydrogen) atoms. The molecule has 0 aromatic heterocycles. The van der Waals surface area contributed by atoms with Gasteiger partial charge in [0, 0.05) is 22.9 Å². The molecule has 108 valence electrons. The monoisotopic (exact) mass is 284 g/mol. The van der Waals surface area contributed by atoms with Crippen molar-refractivity contribution in [1.82, 2.24) is 0 Å². The lowest BCUT2D eigenvalue weighted by Gasteiger charge is -2.12. The molecule has 0 bridgehead atoms. The number of rotatable bonds is 3. The third-order valence-electron chi connectivity index (χ3n) is 3.65. The van der Waals surface area contributed by atoms with E-state index in [1.54, 1.807) is 27.4 Å². The van der Waals surface area contributed by atoms with Crippen LogP contribution in [0.25, 0.3) is 21.5 Å². The summed E-state index contributed by atoms with van der Waals surface area (Å²) in [6.07, 6.45) is 0. The van der Waals surface area contributed by atoms with Crippen molar-refractivity contribution in [3.8, 4) is 23.0 Å². The number of hydrogen-bond donors (Lipinski definition) is 1. The van der Waals surface area contributed by atoms with E-state index in [0.717, 1.165) is 27.3 Å². The Bertz CT molecular complexity index is 824. The highest BCUT2D eigenvalue weighted by Crippen LogP contribution is 2.39. The van der Waals surface area contributed by atoms with Gasteiger partial charge in [-0.2, -0.15) is 0 Å². The Morgan fingerprint density at radius 1 is 0.667 bits per heavy atom. The van der Waals surface area contributed by atoms with Crippen LogP contribution in [-0.4, -0.2) is 26.4 Å². The van der Waals surface area contributed by atoms with Crippen molar-refractivity contribution in [2.24, 2.45) is 0 Å². The van der Waals surface area contributed by atoms with E-state index in [0.29, 0.717) is 11.5 Å². The molecule has 0 aliphatic heterocycles. The molecule has 0 aliphatic carbocycles. The van der Waals surface area contributed by atoms with Crippen LogP contribution in [0.5, 0.6) is 23.0 Å². The molecule has 0 saturated heterocycles. The summed E-state index contributed by atoms with van der Waals surface area (Å²) in [7, 11) is 4.82. The maximum absolute atomic E-state index is 10.2. The number of hydrogen-bond acceptors (Lipinski definition) is 4. The van der Waals surface area contributed by atoms with E-state index in [1.807, 2.05) is 30.3 Å². The maximum Gasteiger partial charge on any atom is 0.130 e. The summed E-state index contributed by atoms with van der Waals surface area (Å²) >= 11 is 0. The van der Waals surface area contributed by atoms with Gasteiger partial charge in [0.25, 0.3) is 0 Å². The van der Waals surface area contributed by atoms with Gasteiger partial charge in [0.15, 0.2) is 0 Å². The molecular weight excluding hydrogens is 268 g/mol. The number of phenols is 1. The molecule has 0 spiro atoms. The van der Waals surface area contributed by atoms with E-state index in [4.69, 9.17) is 14.2 Å². The Labute approximate surface area is 122 Å². The van der Waals surface area contributed by atoms with Gasteiger partial charge < -0.3 is 19.3 Å². The first-order valence-corrected chi connectivity index (χ1v) is 6.53. The molecule has 0 unspecified atom stereocenters. The average molecular weight is 284 g/mol. The van der Waals surface area contributed by atoms with Crippen molar-refractivity contribution in [2.75, 3.05) is 21.3 Å². The molecule has 4 nitrogen and oxygen atoms in total. The molecule has 3 rings (SSSR count). The Kier molecular flexibility index (Phi) is 3.22. The van der Waals surface area contributed by atoms with Gasteiger partial charge in [-0.1, -0.05) is 0 Å². The Hall–Kier alpha value is -2.62. The summed E-state index contributed by atoms with van der Waals surface area (Å²) in [5, 5.41) is 13.7. The maximum atomic E-state index is 10.2. The number of fused-ring (bicyclic) bond motifs is 3. The topological polar surface area (TPSA) is 47.9 Å². The highest BCUT2D eigenvalue weighted by Gasteiger charge is 2.11. The molecule has 0 radical (unpaired) electrons. The quantitative estimate of drug-likeness (QED) is 0.745. The van der Waals surface area contributed by atoms with Gasteiger partial charge in [0.05, 0.1) is 21.3 Å². The second kappa shape index (κ2) is 5.05. The molecule has 1 N–H and O–H groups in total. The lowest BCUT2D eigenvalue weighted by atomic mass is 10.00. The van der Waals surface area contributed by atoms with Crippen molar-refractivity contribution in [3.63, 3.8) is 0 Å². The van der Waals surface area contributed by atoms with Crippen LogP contribution in [0.3, 0.4) is 0 Å². The van der Waals surface area contributed by atoms with Crippen molar-refractivity contribution < 1.29 is 19.3 Å². The smallest absolute Gasteiger partial charge is 0.130 e. The summed E-state index contributed by atoms with van der Waals surface area (Å²) < 4.78 is 16.0. The Balaban J connectivity index is 2.48. The first-order chi connectivity index (χ1) is 10.2. The molecule has 0 amide bonds. The van der Waals surface area contributed by atoms with Crippen molar-refractivity contribution >= 4 is 21.5 Å². The summed E-state index contributed by atoms with van der Waals surface area (Å²) in [5.41, 5.74) is 0. The van der Waals surface area contributed by atoms with Gasteiger partial charge in [-0.3, -0.25) is 0 Å². The summed E-state index contributed by atoms with van der Waals surface area (Å²) in [4.78, 5) is 0. The van der Waals surface area contributed by atoms with Gasteiger partial charge in [-0.05, 0) is 35.0 Å². The number of phenolic OH excluding ortho intramolecular Hbond substituents is 1. The van der Waals surface area contributed by atoms with Crippen molar-refractivity contribution in [3.05, 3.63) is 36.4 Å². The Morgan fingerprint density at radius 2 is 1.24 bits per heavy atom. The van der Waals surface area contributed by atoms with Crippen LogP contribution in [0.4, 0.5) is 0 Å². The predicted molar refractivity (Wildman–Crippen MR) is 82.8 cm³/mol. The molecule has 4 heteroatoms. The fourth-order valence-electron chi connectivity index (χ4n) is 2.58. The molecule has 0 aliphatic rings. The number of methoxy groups -OCH3 is 3. The van der Waals surface area contributed by atoms with Crippen LogP contribution in [0.2, 0.25) is 0 Å². The number of benzene rings is 3. The van der Waals surface area contributed by atoms with E-state index < -0.39 is 0 Å². The lowest BCUT2D eigenvalue weighted by Crippen LogP contribution is -1.90. The van der Waals surface area contributed by atoms with Gasteiger partial charge in [0.2, 0.25) is 0 Å². The van der Waals surface area contributed by atoms with E-state index in [9.17, 15) is 5.11 Å². The third kappa shape index (κ3) is 2.09. The highest BCUT2D eigenvalue weighted by atomic mass is 16.5. The molecular formula is C17H16O4. The first-order valence-electron chi connectivity index (χ1n) is 6.53. The second-order valence-corrected chi connectivity index (χ2v) is 4.73. The van der Waals surface area contributed by atoms with Gasteiger partial charge in [-0.15, -0.1) is 0 Å². The Morgan fingerprint density at radius 3 is 1.86 bits per heavy atom. The molecule has 0 saturated carbocycles. The standard InChI is InChI=1S/C17H16O4/c1-19-10-6-14-12(16(18)8-10)4-5-13-15(14)7-11(20-2)9-17(13)21-3/h4-9,18H,1-3H3. The second-order valence-electron chi connectivity index (χ2n) is 4.73. The zero-order valence-corrected chi connectivity index (χ0v) is 12.1. The van der Waals surface area contributed by atoms with Crippen molar-refractivity contribution in [2.45, 2.75) is 0 Å². The van der Waals surface area contributed by atoms with E-state index in [2.05, 4.69) is 0 Å². The molecule has 0 heterocycles. The van der Waals surface area contributed by atoms with Crippen LogP contribution in [0.15, 0.2) is 36.4 Å². The van der Waals surface area contributed by atoms with Crippen LogP contribution < -0.4 is 14.2 Å². The minimum Gasteiger partial charge on any atom is -0.507 e. The van der Waals surface area contributed by atoms with Gasteiger partial charge in [0.1, 0.15) is 23.0 Å². The predicted octanol–water partition coefficient (Wildman–Crippen LogP) is 3.72. The summed E-state index contributed by atoms with van der Waals surface area (Å²) in [6, 6.07) is 11.1. The highest BCUT2D eigenvalue weighted by molar-refractivity contribution is 6.12. The van der Waals surface area contributed by atoms with Crippen LogP contribution in [0, 0.1) is 0 Å². The SMILES string of the molecule is COc1cc(O)c2ccc3c(OC)cc(OC)cc3c2c1. The minimum atomic E-state index is 0.188. The molecule has 3 aromatic carbocycles.